The summed E-state index contributed by atoms with van der Waals surface area (Å²) < 4.78 is 2.07. The molecule has 0 amide bonds. The molecule has 0 radical (unpaired) electrons. The molecule has 3 rings (SSSR count). The van der Waals surface area contributed by atoms with Crippen molar-refractivity contribution < 1.29 is 0 Å². The molecule has 2 aromatic heterocycles. The normalized spacial score (nSPS) is 25.9. The predicted octanol–water partition coefficient (Wildman–Crippen LogP) is 1.86. The van der Waals surface area contributed by atoms with Gasteiger partial charge in [-0.25, -0.2) is 0 Å². The Kier molecular flexibility index (Phi) is 3.72. The first-order valence-corrected chi connectivity index (χ1v) is 7.41. The van der Waals surface area contributed by atoms with E-state index in [0.717, 1.165) is 18.0 Å². The second-order valence-electron chi connectivity index (χ2n) is 5.93. The maximum absolute atomic E-state index is 4.33. The predicted molar refractivity (Wildman–Crippen MR) is 79.7 cm³/mol. The van der Waals surface area contributed by atoms with Crippen molar-refractivity contribution in [1.29, 1.82) is 0 Å². The fraction of sp³-hybridized carbons (Fsp3) is 0.600. The third-order valence-electron chi connectivity index (χ3n) is 4.42. The number of aromatic nitrogens is 3. The maximum Gasteiger partial charge on any atom is 0.160 e. The van der Waals surface area contributed by atoms with Gasteiger partial charge in [-0.1, -0.05) is 6.07 Å². The van der Waals surface area contributed by atoms with E-state index in [9.17, 15) is 0 Å². The number of nitrogens with zero attached hydrogens (tertiary/aromatic N) is 4. The lowest BCUT2D eigenvalue weighted by Gasteiger charge is -2.36. The fourth-order valence-electron chi connectivity index (χ4n) is 3.02. The molecule has 108 valence electrons. The highest BCUT2D eigenvalue weighted by Gasteiger charge is 2.25. The first kappa shape index (κ1) is 13.5. The van der Waals surface area contributed by atoms with Gasteiger partial charge in [0.25, 0.3) is 0 Å². The van der Waals surface area contributed by atoms with E-state index in [1.54, 1.807) is 0 Å². The smallest absolute Gasteiger partial charge is 0.160 e. The number of fused-ring (bicyclic) bond motifs is 1. The van der Waals surface area contributed by atoms with Gasteiger partial charge in [-0.3, -0.25) is 4.40 Å². The van der Waals surface area contributed by atoms with Gasteiger partial charge in [0.2, 0.25) is 0 Å². The van der Waals surface area contributed by atoms with Crippen LogP contribution in [0.4, 0.5) is 0 Å². The van der Waals surface area contributed by atoms with E-state index in [-0.39, 0.29) is 6.04 Å². The Bertz CT molecular complexity index is 578. The van der Waals surface area contributed by atoms with Gasteiger partial charge in [0.15, 0.2) is 11.5 Å². The lowest BCUT2D eigenvalue weighted by Crippen LogP contribution is -2.46. The van der Waals surface area contributed by atoms with E-state index in [2.05, 4.69) is 45.7 Å². The minimum Gasteiger partial charge on any atom is -0.305 e. The van der Waals surface area contributed by atoms with Crippen LogP contribution in [0, 0.1) is 0 Å². The number of pyridine rings is 1. The molecule has 0 aliphatic carbocycles. The van der Waals surface area contributed by atoms with Crippen molar-refractivity contribution in [2.24, 2.45) is 0 Å². The van der Waals surface area contributed by atoms with Crippen LogP contribution in [0.25, 0.3) is 5.65 Å². The Morgan fingerprint density at radius 2 is 2.20 bits per heavy atom. The van der Waals surface area contributed by atoms with E-state index >= 15 is 0 Å². The number of nitrogens with one attached hydrogen (secondary N) is 1. The molecule has 1 aliphatic rings. The highest BCUT2D eigenvalue weighted by atomic mass is 15.3. The summed E-state index contributed by atoms with van der Waals surface area (Å²) in [6.45, 7) is 5.63. The van der Waals surface area contributed by atoms with Gasteiger partial charge in [0.1, 0.15) is 0 Å². The summed E-state index contributed by atoms with van der Waals surface area (Å²) in [5.41, 5.74) is 0.910. The van der Waals surface area contributed by atoms with Crippen LogP contribution in [0.1, 0.15) is 38.6 Å². The van der Waals surface area contributed by atoms with Gasteiger partial charge in [-0.15, -0.1) is 10.2 Å². The van der Waals surface area contributed by atoms with Gasteiger partial charge < -0.3 is 10.2 Å². The SMILES string of the molecule is CC(NC1CCN(C)C(C)C1)c1nnc2ccccn12. The van der Waals surface area contributed by atoms with Crippen LogP contribution in [0.5, 0.6) is 0 Å². The molecule has 0 aromatic carbocycles. The first-order valence-electron chi connectivity index (χ1n) is 7.41. The van der Waals surface area contributed by atoms with Gasteiger partial charge in [-0.2, -0.15) is 0 Å². The molecule has 1 saturated heterocycles. The zero-order chi connectivity index (χ0) is 14.1. The van der Waals surface area contributed by atoms with Crippen LogP contribution in [-0.2, 0) is 0 Å². The van der Waals surface area contributed by atoms with Crippen LogP contribution in [0.15, 0.2) is 24.4 Å². The minimum absolute atomic E-state index is 0.216. The summed E-state index contributed by atoms with van der Waals surface area (Å²) in [4.78, 5) is 2.43. The van der Waals surface area contributed by atoms with Gasteiger partial charge in [0, 0.05) is 18.3 Å². The zero-order valence-electron chi connectivity index (χ0n) is 12.5. The first-order chi connectivity index (χ1) is 9.65. The molecule has 2 aromatic rings. The average molecular weight is 273 g/mol. The molecule has 1 N–H and O–H groups in total. The Labute approximate surface area is 120 Å². The van der Waals surface area contributed by atoms with E-state index in [0.29, 0.717) is 12.1 Å². The molecule has 3 unspecified atom stereocenters. The summed E-state index contributed by atoms with van der Waals surface area (Å²) in [6.07, 6.45) is 4.42. The highest BCUT2D eigenvalue weighted by Crippen LogP contribution is 2.19. The molecular formula is C15H23N5. The monoisotopic (exact) mass is 273 g/mol. The average Bonchev–Trinajstić information content (AvgIpc) is 2.87. The summed E-state index contributed by atoms with van der Waals surface area (Å²) in [5.74, 6) is 0.993. The quantitative estimate of drug-likeness (QED) is 0.927. The van der Waals surface area contributed by atoms with Crippen LogP contribution in [-0.4, -0.2) is 45.2 Å². The van der Waals surface area contributed by atoms with Gasteiger partial charge in [-0.05, 0) is 52.4 Å². The highest BCUT2D eigenvalue weighted by molar-refractivity contribution is 5.37. The zero-order valence-corrected chi connectivity index (χ0v) is 12.5. The number of piperidine rings is 1. The van der Waals surface area contributed by atoms with Crippen LogP contribution < -0.4 is 5.32 Å². The molecular weight excluding hydrogens is 250 g/mol. The van der Waals surface area contributed by atoms with Crippen molar-refractivity contribution >= 4 is 5.65 Å². The van der Waals surface area contributed by atoms with Gasteiger partial charge in [0.05, 0.1) is 6.04 Å². The van der Waals surface area contributed by atoms with Crippen LogP contribution in [0.2, 0.25) is 0 Å². The molecule has 0 saturated carbocycles. The summed E-state index contributed by atoms with van der Waals surface area (Å²) in [7, 11) is 2.20. The molecule has 3 atom stereocenters. The lowest BCUT2D eigenvalue weighted by molar-refractivity contribution is 0.162. The molecule has 20 heavy (non-hydrogen) atoms. The van der Waals surface area contributed by atoms with Crippen molar-refractivity contribution in [3.05, 3.63) is 30.2 Å². The lowest BCUT2D eigenvalue weighted by atomic mass is 9.98. The topological polar surface area (TPSA) is 45.5 Å². The second-order valence-corrected chi connectivity index (χ2v) is 5.93. The standard InChI is InChI=1S/C15H23N5/c1-11-10-13(7-9-19(11)3)16-12(2)15-18-17-14-6-4-5-8-20(14)15/h4-6,8,11-13,16H,7,9-10H2,1-3H3. The van der Waals surface area contributed by atoms with E-state index in [1.165, 1.54) is 12.8 Å². The largest absolute Gasteiger partial charge is 0.305 e. The molecule has 5 nitrogen and oxygen atoms in total. The van der Waals surface area contributed by atoms with Crippen molar-refractivity contribution in [1.82, 2.24) is 24.8 Å². The van der Waals surface area contributed by atoms with Crippen molar-refractivity contribution in [2.45, 2.75) is 44.8 Å². The number of likely N-dealkylation sites (tertiary alicyclic amines) is 1. The Hall–Kier alpha value is -1.46. The number of hydrogen-bond donors (Lipinski definition) is 1. The summed E-state index contributed by atoms with van der Waals surface area (Å²) in [6, 6.07) is 7.42. The van der Waals surface area contributed by atoms with E-state index in [4.69, 9.17) is 0 Å². The molecule has 0 spiro atoms. The number of rotatable bonds is 3. The fourth-order valence-corrected chi connectivity index (χ4v) is 3.02. The molecule has 1 aliphatic heterocycles. The van der Waals surface area contributed by atoms with Crippen LogP contribution >= 0.6 is 0 Å². The Morgan fingerprint density at radius 3 is 3.00 bits per heavy atom. The maximum atomic E-state index is 4.33. The molecule has 5 heteroatoms. The summed E-state index contributed by atoms with van der Waals surface area (Å²) in [5, 5.41) is 12.3. The Morgan fingerprint density at radius 1 is 1.35 bits per heavy atom. The number of hydrogen-bond acceptors (Lipinski definition) is 4. The van der Waals surface area contributed by atoms with Crippen molar-refractivity contribution in [3.8, 4) is 0 Å². The van der Waals surface area contributed by atoms with Gasteiger partial charge >= 0.3 is 0 Å². The minimum atomic E-state index is 0.216. The van der Waals surface area contributed by atoms with E-state index in [1.807, 2.05) is 24.4 Å². The molecule has 0 bridgehead atoms. The second kappa shape index (κ2) is 5.50. The van der Waals surface area contributed by atoms with Crippen molar-refractivity contribution in [3.63, 3.8) is 0 Å². The van der Waals surface area contributed by atoms with Crippen LogP contribution in [0.3, 0.4) is 0 Å². The molecule has 3 heterocycles. The third-order valence-corrected chi connectivity index (χ3v) is 4.42. The Balaban J connectivity index is 1.72. The molecule has 1 fully saturated rings. The van der Waals surface area contributed by atoms with E-state index < -0.39 is 0 Å². The van der Waals surface area contributed by atoms with Crippen molar-refractivity contribution in [2.75, 3.05) is 13.6 Å². The summed E-state index contributed by atoms with van der Waals surface area (Å²) >= 11 is 0. The third kappa shape index (κ3) is 2.55.